The van der Waals surface area contributed by atoms with Gasteiger partial charge in [0.1, 0.15) is 16.4 Å². The Morgan fingerprint density at radius 2 is 1.92 bits per heavy atom. The van der Waals surface area contributed by atoms with E-state index in [0.29, 0.717) is 25.0 Å². The number of nitrogens with zero attached hydrogens (tertiary/aromatic N) is 6. The van der Waals surface area contributed by atoms with E-state index < -0.39 is 15.4 Å². The molecule has 9 nitrogen and oxygen atoms in total. The maximum absolute atomic E-state index is 14.3. The van der Waals surface area contributed by atoms with Crippen LogP contribution in [-0.2, 0) is 29.9 Å². The molecule has 0 bridgehead atoms. The quantitative estimate of drug-likeness (QED) is 0.365. The fraction of sp³-hybridized carbons (Fsp3) is 0.333. The number of Topliss-reactive ketones (excluding diaryl/α,β-unsaturated/α-hetero) is 1. The highest BCUT2D eigenvalue weighted by molar-refractivity contribution is 7.89. The molecule has 4 heterocycles. The number of aromatic nitrogens is 5. The normalized spacial score (nSPS) is 21.6. The van der Waals surface area contributed by atoms with E-state index >= 15 is 0 Å². The molecule has 0 amide bonds. The van der Waals surface area contributed by atoms with Crippen molar-refractivity contribution in [1.29, 1.82) is 0 Å². The lowest BCUT2D eigenvalue weighted by Gasteiger charge is -2.49. The molecule has 1 fully saturated rings. The molecule has 38 heavy (non-hydrogen) atoms. The van der Waals surface area contributed by atoms with Crippen molar-refractivity contribution in [3.63, 3.8) is 0 Å². The van der Waals surface area contributed by atoms with Crippen molar-refractivity contribution in [2.75, 3.05) is 13.1 Å². The van der Waals surface area contributed by atoms with Crippen molar-refractivity contribution in [3.05, 3.63) is 89.5 Å². The lowest BCUT2D eigenvalue weighted by molar-refractivity contribution is 0.0394. The largest absolute Gasteiger partial charge is 0.292 e. The third-order valence-electron chi connectivity index (χ3n) is 7.86. The first-order valence-electron chi connectivity index (χ1n) is 12.5. The molecule has 1 aliphatic carbocycles. The van der Waals surface area contributed by atoms with Gasteiger partial charge in [-0.25, -0.2) is 17.5 Å². The summed E-state index contributed by atoms with van der Waals surface area (Å²) in [4.78, 5) is 18.8. The molecule has 1 aliphatic heterocycles. The van der Waals surface area contributed by atoms with Crippen LogP contribution in [0.2, 0.25) is 0 Å². The molecule has 3 aromatic heterocycles. The summed E-state index contributed by atoms with van der Waals surface area (Å²) in [6, 6.07) is 9.74. The second kappa shape index (κ2) is 8.95. The number of halogens is 1. The fourth-order valence-corrected chi connectivity index (χ4v) is 7.40. The molecule has 6 rings (SSSR count). The van der Waals surface area contributed by atoms with Gasteiger partial charge in [0.15, 0.2) is 5.78 Å². The van der Waals surface area contributed by atoms with Gasteiger partial charge in [-0.3, -0.25) is 14.5 Å². The van der Waals surface area contributed by atoms with Gasteiger partial charge in [-0.15, -0.1) is 0 Å². The minimum Gasteiger partial charge on any atom is -0.292 e. The summed E-state index contributed by atoms with van der Waals surface area (Å²) >= 11 is 0. The number of carbonyl (C=O) groups excluding carboxylic acids is 1. The smallest absolute Gasteiger partial charge is 0.246 e. The number of hydrogen-bond donors (Lipinski definition) is 0. The number of sulfonamides is 1. The van der Waals surface area contributed by atoms with Crippen LogP contribution in [0.4, 0.5) is 4.39 Å². The molecular weight excluding hydrogens is 507 g/mol. The Bertz CT molecular complexity index is 1650. The highest BCUT2D eigenvalue weighted by Crippen LogP contribution is 2.48. The van der Waals surface area contributed by atoms with Gasteiger partial charge in [-0.05, 0) is 79.6 Å². The molecule has 0 radical (unpaired) electrons. The van der Waals surface area contributed by atoms with E-state index in [1.165, 1.54) is 33.5 Å². The lowest BCUT2D eigenvalue weighted by Crippen LogP contribution is -2.57. The van der Waals surface area contributed by atoms with Gasteiger partial charge in [-0.1, -0.05) is 0 Å². The van der Waals surface area contributed by atoms with Crippen molar-refractivity contribution in [2.24, 2.45) is 18.4 Å². The van der Waals surface area contributed by atoms with Gasteiger partial charge in [-0.2, -0.15) is 14.5 Å². The Balaban J connectivity index is 1.43. The number of pyridine rings is 1. The molecule has 196 valence electrons. The summed E-state index contributed by atoms with van der Waals surface area (Å²) in [5, 5.41) is 8.61. The molecule has 2 atom stereocenters. The van der Waals surface area contributed by atoms with Gasteiger partial charge in [0, 0.05) is 38.2 Å². The van der Waals surface area contributed by atoms with E-state index in [2.05, 4.69) is 15.2 Å². The maximum Gasteiger partial charge on any atom is 0.246 e. The molecule has 1 saturated heterocycles. The Hall–Kier alpha value is -3.70. The molecule has 11 heteroatoms. The van der Waals surface area contributed by atoms with Crippen LogP contribution in [0.3, 0.4) is 0 Å². The van der Waals surface area contributed by atoms with Crippen LogP contribution in [0, 0.1) is 24.1 Å². The van der Waals surface area contributed by atoms with E-state index in [1.807, 2.05) is 13.0 Å². The maximum atomic E-state index is 14.3. The SMILES string of the molecule is Cc1ccnc(C(=O)[C@]23Cc4cnn(-c5ccc(F)cc5)c4CC2CCN(S(=O)(=O)c2cnn(C)c2)C3)c1. The zero-order chi connectivity index (χ0) is 26.7. The van der Waals surface area contributed by atoms with Gasteiger partial charge < -0.3 is 0 Å². The van der Waals surface area contributed by atoms with Crippen molar-refractivity contribution >= 4 is 15.8 Å². The summed E-state index contributed by atoms with van der Waals surface area (Å²) in [5.41, 5.74) is 2.83. The summed E-state index contributed by atoms with van der Waals surface area (Å²) in [7, 11) is -2.18. The molecule has 0 saturated carbocycles. The number of piperidine rings is 1. The molecule has 4 aromatic rings. The molecule has 1 unspecified atom stereocenters. The third kappa shape index (κ3) is 3.97. The highest BCUT2D eigenvalue weighted by atomic mass is 32.2. The molecule has 1 aromatic carbocycles. The Morgan fingerprint density at radius 1 is 1.13 bits per heavy atom. The van der Waals surface area contributed by atoms with Crippen LogP contribution in [0.25, 0.3) is 5.69 Å². The number of aryl methyl sites for hydroxylation is 2. The fourth-order valence-electron chi connectivity index (χ4n) is 5.89. The standard InChI is InChI=1S/C27H27FN6O3S/c1-18-7-9-29-24(11-18)26(35)27-13-19-14-31-34(22-5-3-21(28)4-6-22)25(19)12-20(27)8-10-33(17-27)38(36,37)23-15-30-32(2)16-23/h3-7,9,11,14-16,20H,8,10,12-13,17H2,1-2H3/t20?,27-/m0/s1. The number of ketones is 1. The van der Waals surface area contributed by atoms with Crippen LogP contribution in [-0.4, -0.2) is 56.1 Å². The first-order chi connectivity index (χ1) is 18.2. The van der Waals surface area contributed by atoms with Gasteiger partial charge in [0.2, 0.25) is 10.0 Å². The van der Waals surface area contributed by atoms with Crippen molar-refractivity contribution in [1.82, 2.24) is 28.9 Å². The molecule has 0 N–H and O–H groups in total. The molecular formula is C27H27FN6O3S. The first-order valence-corrected chi connectivity index (χ1v) is 13.9. The minimum absolute atomic E-state index is 0.0461. The number of rotatable bonds is 5. The zero-order valence-electron chi connectivity index (χ0n) is 21.1. The Labute approximate surface area is 220 Å². The van der Waals surface area contributed by atoms with Gasteiger partial charge in [0.05, 0.1) is 23.5 Å². The summed E-state index contributed by atoms with van der Waals surface area (Å²) in [6.45, 7) is 2.24. The van der Waals surface area contributed by atoms with Crippen LogP contribution in [0.15, 0.2) is 66.1 Å². The van der Waals surface area contributed by atoms with E-state index in [9.17, 15) is 17.6 Å². The Kier molecular flexibility index (Phi) is 5.80. The summed E-state index contributed by atoms with van der Waals surface area (Å²) in [5.74, 6) is -0.606. The van der Waals surface area contributed by atoms with Crippen LogP contribution in [0.5, 0.6) is 0 Å². The molecule has 0 spiro atoms. The van der Waals surface area contributed by atoms with Crippen LogP contribution < -0.4 is 0 Å². The predicted molar refractivity (Wildman–Crippen MR) is 137 cm³/mol. The van der Waals surface area contributed by atoms with Gasteiger partial charge >= 0.3 is 0 Å². The Morgan fingerprint density at radius 3 is 2.63 bits per heavy atom. The minimum atomic E-state index is -3.85. The predicted octanol–water partition coefficient (Wildman–Crippen LogP) is 3.13. The first kappa shape index (κ1) is 24.6. The number of hydrogen-bond acceptors (Lipinski definition) is 6. The number of fused-ring (bicyclic) bond motifs is 2. The molecule has 2 aliphatic rings. The second-order valence-electron chi connectivity index (χ2n) is 10.3. The van der Waals surface area contributed by atoms with Gasteiger partial charge in [0.25, 0.3) is 0 Å². The second-order valence-corrected chi connectivity index (χ2v) is 12.2. The van der Waals surface area contributed by atoms with Crippen LogP contribution >= 0.6 is 0 Å². The number of carbonyl (C=O) groups is 1. The monoisotopic (exact) mass is 534 g/mol. The number of benzene rings is 1. The van der Waals surface area contributed by atoms with Crippen molar-refractivity contribution in [2.45, 2.75) is 31.1 Å². The average molecular weight is 535 g/mol. The van der Waals surface area contributed by atoms with E-state index in [4.69, 9.17) is 0 Å². The van der Waals surface area contributed by atoms with E-state index in [-0.39, 0.29) is 35.5 Å². The van der Waals surface area contributed by atoms with Crippen molar-refractivity contribution in [3.8, 4) is 5.69 Å². The lowest BCUT2D eigenvalue weighted by atomic mass is 9.60. The van der Waals surface area contributed by atoms with Crippen LogP contribution in [0.1, 0.15) is 33.7 Å². The van der Waals surface area contributed by atoms with E-state index in [1.54, 1.807) is 42.3 Å². The average Bonchev–Trinajstić information content (AvgIpc) is 3.53. The zero-order valence-corrected chi connectivity index (χ0v) is 21.9. The topological polar surface area (TPSA) is 103 Å². The summed E-state index contributed by atoms with van der Waals surface area (Å²) in [6.07, 6.45) is 7.55. The van der Waals surface area contributed by atoms with E-state index in [0.717, 1.165) is 22.5 Å². The summed E-state index contributed by atoms with van der Waals surface area (Å²) < 4.78 is 45.4. The van der Waals surface area contributed by atoms with Crippen molar-refractivity contribution < 1.29 is 17.6 Å². The third-order valence-corrected chi connectivity index (χ3v) is 9.66. The highest BCUT2D eigenvalue weighted by Gasteiger charge is 2.54.